The molecule has 1 amide bonds. The summed E-state index contributed by atoms with van der Waals surface area (Å²) >= 11 is 1.51. The van der Waals surface area contributed by atoms with Crippen molar-refractivity contribution in [2.75, 3.05) is 0 Å². The van der Waals surface area contributed by atoms with E-state index in [1.165, 1.54) is 11.8 Å². The first-order chi connectivity index (χ1) is 11.7. The summed E-state index contributed by atoms with van der Waals surface area (Å²) < 4.78 is 2.13. The molecule has 0 bridgehead atoms. The third kappa shape index (κ3) is 3.04. The quantitative estimate of drug-likeness (QED) is 0.721. The van der Waals surface area contributed by atoms with Crippen molar-refractivity contribution in [1.29, 1.82) is 0 Å². The molecule has 1 aliphatic carbocycles. The number of para-hydroxylation sites is 3. The molecule has 0 aliphatic heterocycles. The molecule has 1 atom stereocenters. The topological polar surface area (TPSA) is 46.9 Å². The number of thioether (sulfide) groups is 1. The molecule has 1 aliphatic rings. The van der Waals surface area contributed by atoms with Gasteiger partial charge in [-0.3, -0.25) is 9.36 Å². The van der Waals surface area contributed by atoms with E-state index in [-0.39, 0.29) is 11.2 Å². The van der Waals surface area contributed by atoms with Gasteiger partial charge in [0.1, 0.15) is 0 Å². The molecule has 122 valence electrons. The van der Waals surface area contributed by atoms with Crippen molar-refractivity contribution < 1.29 is 4.79 Å². The molecule has 3 aromatic rings. The summed E-state index contributed by atoms with van der Waals surface area (Å²) in [6.45, 7) is 1.94. The molecule has 0 unspecified atom stereocenters. The van der Waals surface area contributed by atoms with Crippen molar-refractivity contribution in [2.24, 2.45) is 0 Å². The van der Waals surface area contributed by atoms with E-state index in [9.17, 15) is 4.79 Å². The van der Waals surface area contributed by atoms with Crippen LogP contribution in [0, 0.1) is 0 Å². The molecule has 24 heavy (non-hydrogen) atoms. The van der Waals surface area contributed by atoms with Gasteiger partial charge in [0.15, 0.2) is 5.16 Å². The number of fused-ring (bicyclic) bond motifs is 1. The zero-order chi connectivity index (χ0) is 16.5. The first-order valence-corrected chi connectivity index (χ1v) is 9.10. The lowest BCUT2D eigenvalue weighted by atomic mass is 10.3. The highest BCUT2D eigenvalue weighted by molar-refractivity contribution is 8.00. The van der Waals surface area contributed by atoms with Gasteiger partial charge in [0.05, 0.1) is 16.3 Å². The molecule has 1 fully saturated rings. The van der Waals surface area contributed by atoms with E-state index in [0.29, 0.717) is 6.04 Å². The number of hydrogen-bond donors (Lipinski definition) is 1. The maximum Gasteiger partial charge on any atom is 0.233 e. The number of imidazole rings is 1. The Balaban J connectivity index is 1.70. The molecular formula is C19H19N3OS. The summed E-state index contributed by atoms with van der Waals surface area (Å²) in [7, 11) is 0. The summed E-state index contributed by atoms with van der Waals surface area (Å²) in [6.07, 6.45) is 2.21. The number of rotatable bonds is 5. The van der Waals surface area contributed by atoms with Crippen molar-refractivity contribution in [3.05, 3.63) is 54.6 Å². The SMILES string of the molecule is C[C@@H](Sc1nc2ccccc2n1-c1ccccc1)C(=O)NC1CC1. The Morgan fingerprint density at radius 3 is 2.62 bits per heavy atom. The fourth-order valence-corrected chi connectivity index (χ4v) is 3.62. The Bertz CT molecular complexity index is 871. The highest BCUT2D eigenvalue weighted by atomic mass is 32.2. The fraction of sp³-hybridized carbons (Fsp3) is 0.263. The van der Waals surface area contributed by atoms with Gasteiger partial charge < -0.3 is 5.32 Å². The standard InChI is InChI=1S/C19H19N3OS/c1-13(18(23)20-14-11-12-14)24-19-21-16-9-5-6-10-17(16)22(19)15-7-3-2-4-8-15/h2-10,13-14H,11-12H2,1H3,(H,20,23)/t13-/m1/s1. The van der Waals surface area contributed by atoms with Crippen molar-refractivity contribution >= 4 is 28.7 Å². The maximum absolute atomic E-state index is 12.3. The molecule has 1 saturated carbocycles. The smallest absolute Gasteiger partial charge is 0.233 e. The summed E-state index contributed by atoms with van der Waals surface area (Å²) in [4.78, 5) is 17.0. The summed E-state index contributed by atoms with van der Waals surface area (Å²) in [6, 6.07) is 18.6. The van der Waals surface area contributed by atoms with E-state index in [0.717, 1.165) is 34.7 Å². The van der Waals surface area contributed by atoms with Gasteiger partial charge >= 0.3 is 0 Å². The second kappa shape index (κ2) is 6.32. The second-order valence-corrected chi connectivity index (χ2v) is 7.40. The van der Waals surface area contributed by atoms with Crippen LogP contribution in [0.15, 0.2) is 59.8 Å². The number of carbonyl (C=O) groups excluding carboxylic acids is 1. The van der Waals surface area contributed by atoms with Crippen LogP contribution in [-0.2, 0) is 4.79 Å². The highest BCUT2D eigenvalue weighted by Crippen LogP contribution is 2.31. The minimum absolute atomic E-state index is 0.0918. The first-order valence-electron chi connectivity index (χ1n) is 8.22. The predicted molar refractivity (Wildman–Crippen MR) is 97.6 cm³/mol. The van der Waals surface area contributed by atoms with E-state index in [1.807, 2.05) is 43.3 Å². The Morgan fingerprint density at radius 2 is 1.88 bits per heavy atom. The number of nitrogens with zero attached hydrogens (tertiary/aromatic N) is 2. The van der Waals surface area contributed by atoms with Crippen LogP contribution in [0.25, 0.3) is 16.7 Å². The molecule has 0 spiro atoms. The van der Waals surface area contributed by atoms with Crippen molar-refractivity contribution in [3.63, 3.8) is 0 Å². The first kappa shape index (κ1) is 15.3. The Morgan fingerprint density at radius 1 is 1.17 bits per heavy atom. The van der Waals surface area contributed by atoms with Gasteiger partial charge in [-0.15, -0.1) is 0 Å². The predicted octanol–water partition coefficient (Wildman–Crippen LogP) is 3.78. The monoisotopic (exact) mass is 337 g/mol. The zero-order valence-corrected chi connectivity index (χ0v) is 14.3. The van der Waals surface area contributed by atoms with Gasteiger partial charge in [-0.1, -0.05) is 42.1 Å². The lowest BCUT2D eigenvalue weighted by Crippen LogP contribution is -2.32. The van der Waals surface area contributed by atoms with Crippen LogP contribution in [0.1, 0.15) is 19.8 Å². The van der Waals surface area contributed by atoms with Crippen LogP contribution in [0.2, 0.25) is 0 Å². The van der Waals surface area contributed by atoms with Crippen LogP contribution in [-0.4, -0.2) is 26.8 Å². The maximum atomic E-state index is 12.3. The van der Waals surface area contributed by atoms with E-state index in [1.54, 1.807) is 0 Å². The Labute approximate surface area is 145 Å². The zero-order valence-electron chi connectivity index (χ0n) is 13.5. The molecule has 1 aromatic heterocycles. The van der Waals surface area contributed by atoms with Gasteiger partial charge in [-0.2, -0.15) is 0 Å². The lowest BCUT2D eigenvalue weighted by molar-refractivity contribution is -0.120. The van der Waals surface area contributed by atoms with Gasteiger partial charge in [0.25, 0.3) is 0 Å². The van der Waals surface area contributed by atoms with Gasteiger partial charge in [0.2, 0.25) is 5.91 Å². The number of benzene rings is 2. The van der Waals surface area contributed by atoms with Crippen LogP contribution in [0.3, 0.4) is 0 Å². The molecule has 5 heteroatoms. The third-order valence-electron chi connectivity index (χ3n) is 4.12. The van der Waals surface area contributed by atoms with E-state index in [4.69, 9.17) is 4.98 Å². The van der Waals surface area contributed by atoms with Gasteiger partial charge in [0, 0.05) is 11.7 Å². The normalized spacial score (nSPS) is 15.4. The second-order valence-electron chi connectivity index (χ2n) is 6.10. The number of nitrogens with one attached hydrogen (secondary N) is 1. The molecule has 0 radical (unpaired) electrons. The van der Waals surface area contributed by atoms with Gasteiger partial charge in [-0.05, 0) is 44.0 Å². The van der Waals surface area contributed by atoms with E-state index < -0.39 is 0 Å². The van der Waals surface area contributed by atoms with Crippen LogP contribution >= 0.6 is 11.8 Å². The van der Waals surface area contributed by atoms with Gasteiger partial charge in [-0.25, -0.2) is 4.98 Å². The number of carbonyl (C=O) groups is 1. The fourth-order valence-electron chi connectivity index (χ4n) is 2.67. The van der Waals surface area contributed by atoms with Crippen LogP contribution in [0.5, 0.6) is 0 Å². The third-order valence-corrected chi connectivity index (χ3v) is 5.17. The average molecular weight is 337 g/mol. The average Bonchev–Trinajstić information content (AvgIpc) is 3.34. The molecule has 0 saturated heterocycles. The van der Waals surface area contributed by atoms with Crippen molar-refractivity contribution in [1.82, 2.24) is 14.9 Å². The molecule has 1 heterocycles. The summed E-state index contributed by atoms with van der Waals surface area (Å²) in [5, 5.41) is 3.74. The number of aromatic nitrogens is 2. The Hall–Kier alpha value is -2.27. The highest BCUT2D eigenvalue weighted by Gasteiger charge is 2.27. The molecule has 2 aromatic carbocycles. The van der Waals surface area contributed by atoms with Crippen molar-refractivity contribution in [2.45, 2.75) is 36.2 Å². The molecule has 1 N–H and O–H groups in total. The minimum atomic E-state index is -0.176. The Kier molecular flexibility index (Phi) is 4.02. The minimum Gasteiger partial charge on any atom is -0.352 e. The number of amides is 1. The van der Waals surface area contributed by atoms with Crippen LogP contribution < -0.4 is 5.32 Å². The lowest BCUT2D eigenvalue weighted by Gasteiger charge is -2.13. The van der Waals surface area contributed by atoms with Crippen LogP contribution in [0.4, 0.5) is 0 Å². The molecule has 4 nitrogen and oxygen atoms in total. The summed E-state index contributed by atoms with van der Waals surface area (Å²) in [5.41, 5.74) is 3.06. The number of hydrogen-bond acceptors (Lipinski definition) is 3. The van der Waals surface area contributed by atoms with Crippen molar-refractivity contribution in [3.8, 4) is 5.69 Å². The van der Waals surface area contributed by atoms with E-state index >= 15 is 0 Å². The molecular weight excluding hydrogens is 318 g/mol. The molecule has 4 rings (SSSR count). The largest absolute Gasteiger partial charge is 0.352 e. The summed E-state index contributed by atoms with van der Waals surface area (Å²) in [5.74, 6) is 0.0918. The van der Waals surface area contributed by atoms with E-state index in [2.05, 4.69) is 28.1 Å².